The number of nitrogens with one attached hydrogen (secondary N) is 1. The molecular weight excluding hydrogens is 290 g/mol. The van der Waals surface area contributed by atoms with Crippen LogP contribution in [-0.2, 0) is 0 Å². The zero-order valence-corrected chi connectivity index (χ0v) is 12.1. The molecule has 0 aliphatic rings. The van der Waals surface area contributed by atoms with Gasteiger partial charge in [-0.1, -0.05) is 18.2 Å². The number of H-pyrrole nitrogens is 1. The van der Waals surface area contributed by atoms with Crippen molar-refractivity contribution in [2.24, 2.45) is 5.73 Å². The van der Waals surface area contributed by atoms with Crippen molar-refractivity contribution in [2.75, 3.05) is 0 Å². The van der Waals surface area contributed by atoms with Gasteiger partial charge in [0.15, 0.2) is 0 Å². The summed E-state index contributed by atoms with van der Waals surface area (Å²) in [5.74, 6) is -0.475. The largest absolute Gasteiger partial charge is 0.366 e. The van der Waals surface area contributed by atoms with Gasteiger partial charge in [-0.05, 0) is 17.7 Å². The summed E-state index contributed by atoms with van der Waals surface area (Å²) in [6.07, 6.45) is 8.73. The lowest BCUT2D eigenvalue weighted by Gasteiger charge is -2.13. The number of rotatable bonds is 3. The van der Waals surface area contributed by atoms with Crippen molar-refractivity contribution in [2.45, 2.75) is 0 Å². The molecule has 0 bridgehead atoms. The molecule has 4 aromatic rings. The Morgan fingerprint density at radius 1 is 1.09 bits per heavy atom. The van der Waals surface area contributed by atoms with Gasteiger partial charge in [0.2, 0.25) is 5.91 Å². The van der Waals surface area contributed by atoms with E-state index in [4.69, 9.17) is 5.73 Å². The first-order valence-electron chi connectivity index (χ1n) is 7.08. The van der Waals surface area contributed by atoms with Gasteiger partial charge in [0.25, 0.3) is 0 Å². The van der Waals surface area contributed by atoms with Gasteiger partial charge in [0.1, 0.15) is 0 Å². The summed E-state index contributed by atoms with van der Waals surface area (Å²) in [5, 5.41) is 0. The van der Waals surface area contributed by atoms with Crippen LogP contribution >= 0.6 is 0 Å². The first-order chi connectivity index (χ1) is 11.3. The van der Waals surface area contributed by atoms with Crippen molar-refractivity contribution in [1.29, 1.82) is 0 Å². The van der Waals surface area contributed by atoms with Crippen molar-refractivity contribution in [3.63, 3.8) is 0 Å². The highest BCUT2D eigenvalue weighted by Crippen LogP contribution is 2.35. The van der Waals surface area contributed by atoms with Crippen LogP contribution in [0.4, 0.5) is 0 Å². The quantitative estimate of drug-likeness (QED) is 0.609. The molecule has 3 aromatic heterocycles. The van der Waals surface area contributed by atoms with Gasteiger partial charge >= 0.3 is 0 Å². The van der Waals surface area contributed by atoms with E-state index in [9.17, 15) is 4.79 Å². The summed E-state index contributed by atoms with van der Waals surface area (Å²) in [5.41, 5.74) is 10.3. The first kappa shape index (κ1) is 13.3. The van der Waals surface area contributed by atoms with Gasteiger partial charge in [0, 0.05) is 22.9 Å². The fraction of sp³-hybridized carbons (Fsp3) is 0. The normalized spacial score (nSPS) is 11.0. The summed E-state index contributed by atoms with van der Waals surface area (Å²) >= 11 is 0. The molecule has 1 aromatic carbocycles. The molecule has 23 heavy (non-hydrogen) atoms. The van der Waals surface area contributed by atoms with Crippen LogP contribution < -0.4 is 5.73 Å². The molecule has 0 radical (unpaired) electrons. The molecule has 6 nitrogen and oxygen atoms in total. The molecule has 3 heterocycles. The Bertz CT molecular complexity index is 1000. The summed E-state index contributed by atoms with van der Waals surface area (Å²) in [6.45, 7) is 0. The molecule has 0 fully saturated rings. The minimum Gasteiger partial charge on any atom is -0.366 e. The van der Waals surface area contributed by atoms with E-state index in [0.717, 1.165) is 27.9 Å². The minimum absolute atomic E-state index is 0.452. The van der Waals surface area contributed by atoms with E-state index >= 15 is 0 Å². The molecule has 0 unspecified atom stereocenters. The topological polar surface area (TPSA) is 89.1 Å². The second kappa shape index (κ2) is 5.10. The Morgan fingerprint density at radius 2 is 1.96 bits per heavy atom. The third-order valence-electron chi connectivity index (χ3n) is 3.84. The number of hydrogen-bond acceptors (Lipinski definition) is 3. The molecule has 6 heteroatoms. The number of hydrogen-bond donors (Lipinski definition) is 2. The number of fused-ring (bicyclic) bond motifs is 1. The van der Waals surface area contributed by atoms with Gasteiger partial charge in [0.05, 0.1) is 36.3 Å². The fourth-order valence-corrected chi connectivity index (χ4v) is 2.84. The van der Waals surface area contributed by atoms with E-state index in [1.54, 1.807) is 31.1 Å². The number of carbonyl (C=O) groups excluding carboxylic acids is 1. The van der Waals surface area contributed by atoms with E-state index in [1.807, 2.05) is 34.9 Å². The molecule has 0 saturated heterocycles. The number of nitrogens with zero attached hydrogens (tertiary/aromatic N) is 3. The third-order valence-corrected chi connectivity index (χ3v) is 3.84. The van der Waals surface area contributed by atoms with Crippen LogP contribution in [0.5, 0.6) is 0 Å². The molecule has 0 saturated carbocycles. The van der Waals surface area contributed by atoms with Crippen LogP contribution in [0.25, 0.3) is 27.9 Å². The minimum atomic E-state index is -0.475. The van der Waals surface area contributed by atoms with Gasteiger partial charge in [-0.15, -0.1) is 0 Å². The van der Waals surface area contributed by atoms with Gasteiger partial charge in [-0.25, -0.2) is 9.97 Å². The molecule has 112 valence electrons. The Hall–Kier alpha value is -3.41. The van der Waals surface area contributed by atoms with E-state index in [-0.39, 0.29) is 0 Å². The van der Waals surface area contributed by atoms with Crippen LogP contribution in [0, 0.1) is 0 Å². The van der Waals surface area contributed by atoms with Crippen molar-refractivity contribution < 1.29 is 4.79 Å². The number of benzene rings is 1. The fourth-order valence-electron chi connectivity index (χ4n) is 2.84. The molecule has 0 atom stereocenters. The Labute approximate surface area is 131 Å². The number of carbonyl (C=O) groups is 1. The number of pyridine rings is 1. The van der Waals surface area contributed by atoms with Crippen molar-refractivity contribution in [3.05, 3.63) is 67.1 Å². The first-order valence-corrected chi connectivity index (χ1v) is 7.08. The van der Waals surface area contributed by atoms with Crippen LogP contribution in [0.15, 0.2) is 61.6 Å². The maximum absolute atomic E-state index is 11.9. The van der Waals surface area contributed by atoms with Gasteiger partial charge in [-0.2, -0.15) is 0 Å². The smallest absolute Gasteiger partial charge is 0.249 e. The number of imidazole rings is 2. The highest BCUT2D eigenvalue weighted by molar-refractivity contribution is 6.04. The molecule has 1 amide bonds. The van der Waals surface area contributed by atoms with Gasteiger partial charge < -0.3 is 15.1 Å². The maximum atomic E-state index is 11.9. The average Bonchev–Trinajstić information content (AvgIpc) is 3.25. The Balaban J connectivity index is 2.08. The lowest BCUT2D eigenvalue weighted by atomic mass is 9.93. The SMILES string of the molecule is NC(=O)c1cccc(-c2cccn3cncc23)c1-c1cnc[nH]1. The van der Waals surface area contributed by atoms with E-state index in [0.29, 0.717) is 5.56 Å². The van der Waals surface area contributed by atoms with Crippen molar-refractivity contribution in [1.82, 2.24) is 19.4 Å². The predicted octanol–water partition coefficient (Wildman–Crippen LogP) is 2.49. The molecule has 0 spiro atoms. The number of aromatic nitrogens is 4. The second-order valence-corrected chi connectivity index (χ2v) is 5.17. The zero-order chi connectivity index (χ0) is 15.8. The number of amides is 1. The number of primary amides is 1. The summed E-state index contributed by atoms with van der Waals surface area (Å²) in [7, 11) is 0. The van der Waals surface area contributed by atoms with Gasteiger partial charge in [-0.3, -0.25) is 4.79 Å². The number of aromatic amines is 1. The predicted molar refractivity (Wildman–Crippen MR) is 86.7 cm³/mol. The highest BCUT2D eigenvalue weighted by atomic mass is 16.1. The summed E-state index contributed by atoms with van der Waals surface area (Å²) in [4.78, 5) is 23.2. The van der Waals surface area contributed by atoms with E-state index in [1.165, 1.54) is 0 Å². The lowest BCUT2D eigenvalue weighted by Crippen LogP contribution is -2.13. The summed E-state index contributed by atoms with van der Waals surface area (Å²) < 4.78 is 1.93. The van der Waals surface area contributed by atoms with Crippen molar-refractivity contribution >= 4 is 11.4 Å². The van der Waals surface area contributed by atoms with E-state index in [2.05, 4.69) is 15.0 Å². The number of nitrogens with two attached hydrogens (primary N) is 1. The Kier molecular flexibility index (Phi) is 2.94. The molecule has 3 N–H and O–H groups in total. The molecular formula is C17H13N5O. The lowest BCUT2D eigenvalue weighted by molar-refractivity contribution is 0.100. The average molecular weight is 303 g/mol. The second-order valence-electron chi connectivity index (χ2n) is 5.17. The standard InChI is InChI=1S/C17H13N5O/c18-17(23)13-4-1-3-12(16(13)14-7-19-9-21-14)11-5-2-6-22-10-20-8-15(11)22/h1-10H,(H2,18,23)(H,19,21). The van der Waals surface area contributed by atoms with Crippen LogP contribution in [-0.4, -0.2) is 25.3 Å². The maximum Gasteiger partial charge on any atom is 0.249 e. The monoisotopic (exact) mass is 303 g/mol. The van der Waals surface area contributed by atoms with Crippen molar-refractivity contribution in [3.8, 4) is 22.4 Å². The zero-order valence-electron chi connectivity index (χ0n) is 12.1. The summed E-state index contributed by atoms with van der Waals surface area (Å²) in [6, 6.07) is 9.45. The van der Waals surface area contributed by atoms with E-state index < -0.39 is 5.91 Å². The molecule has 0 aliphatic heterocycles. The Morgan fingerprint density at radius 3 is 2.74 bits per heavy atom. The third kappa shape index (κ3) is 2.08. The highest BCUT2D eigenvalue weighted by Gasteiger charge is 2.18. The van der Waals surface area contributed by atoms with Crippen LogP contribution in [0.1, 0.15) is 10.4 Å². The molecule has 0 aliphatic carbocycles. The van der Waals surface area contributed by atoms with Crippen LogP contribution in [0.3, 0.4) is 0 Å². The molecule has 4 rings (SSSR count). The van der Waals surface area contributed by atoms with Crippen LogP contribution in [0.2, 0.25) is 0 Å².